The number of phenolic OH excluding ortho intramolecular Hbond substituents is 1. The fourth-order valence-corrected chi connectivity index (χ4v) is 2.90. The van der Waals surface area contributed by atoms with E-state index in [1.54, 1.807) is 12.1 Å². The molecule has 0 aliphatic heterocycles. The molecule has 1 fully saturated rings. The third-order valence-electron chi connectivity index (χ3n) is 4.38. The molecule has 1 aromatic rings. The average molecular weight is 290 g/mol. The van der Waals surface area contributed by atoms with Crippen LogP contribution in [0.4, 0.5) is 0 Å². The Kier molecular flexibility index (Phi) is 5.23. The first-order valence-electron chi connectivity index (χ1n) is 7.87. The van der Waals surface area contributed by atoms with Gasteiger partial charge >= 0.3 is 0 Å². The smallest absolute Gasteiger partial charge is 0.240 e. The normalized spacial score (nSPS) is 19.0. The van der Waals surface area contributed by atoms with Crippen molar-refractivity contribution in [2.45, 2.75) is 63.5 Å². The molecular formula is C17H26N2O2. The Balaban J connectivity index is 1.79. The second-order valence-corrected chi connectivity index (χ2v) is 6.30. The summed E-state index contributed by atoms with van der Waals surface area (Å²) in [5.74, 6) is 0.280. The maximum atomic E-state index is 12.3. The number of phenols is 1. The highest BCUT2D eigenvalue weighted by Gasteiger charge is 2.35. The first-order chi connectivity index (χ1) is 9.99. The van der Waals surface area contributed by atoms with Crippen LogP contribution < -0.4 is 11.1 Å². The molecule has 0 heterocycles. The van der Waals surface area contributed by atoms with Crippen molar-refractivity contribution in [3.63, 3.8) is 0 Å². The Bertz CT molecular complexity index is 464. The molecular weight excluding hydrogens is 264 g/mol. The number of aryl methyl sites for hydroxylation is 1. The maximum absolute atomic E-state index is 12.3. The molecule has 1 saturated carbocycles. The Morgan fingerprint density at radius 1 is 1.29 bits per heavy atom. The van der Waals surface area contributed by atoms with E-state index in [0.717, 1.165) is 44.1 Å². The van der Waals surface area contributed by atoms with Gasteiger partial charge in [-0.1, -0.05) is 31.4 Å². The number of aromatic hydroxyl groups is 1. The third kappa shape index (κ3) is 4.46. The number of amides is 1. The molecule has 0 aromatic heterocycles. The fourth-order valence-electron chi connectivity index (χ4n) is 2.90. The zero-order valence-corrected chi connectivity index (χ0v) is 12.8. The van der Waals surface area contributed by atoms with Gasteiger partial charge in [-0.15, -0.1) is 0 Å². The van der Waals surface area contributed by atoms with Crippen molar-refractivity contribution in [2.24, 2.45) is 5.73 Å². The quantitative estimate of drug-likeness (QED) is 0.780. The SMILES string of the molecule is CC(CCc1ccc(O)cc1)NC(=O)C1(N)CCCCC1. The number of rotatable bonds is 5. The molecule has 1 unspecified atom stereocenters. The van der Waals surface area contributed by atoms with Crippen LogP contribution in [0.15, 0.2) is 24.3 Å². The molecule has 1 aromatic carbocycles. The molecule has 0 spiro atoms. The molecule has 0 bridgehead atoms. The van der Waals surface area contributed by atoms with Gasteiger partial charge in [-0.2, -0.15) is 0 Å². The van der Waals surface area contributed by atoms with E-state index in [-0.39, 0.29) is 17.7 Å². The summed E-state index contributed by atoms with van der Waals surface area (Å²) in [6.45, 7) is 2.02. The van der Waals surface area contributed by atoms with Gasteiger partial charge in [0.05, 0.1) is 5.54 Å². The van der Waals surface area contributed by atoms with Gasteiger partial charge in [0, 0.05) is 6.04 Å². The number of hydrogen-bond acceptors (Lipinski definition) is 3. The van der Waals surface area contributed by atoms with Crippen LogP contribution in [0, 0.1) is 0 Å². The summed E-state index contributed by atoms with van der Waals surface area (Å²) in [5.41, 5.74) is 6.73. The monoisotopic (exact) mass is 290 g/mol. The molecule has 2 rings (SSSR count). The van der Waals surface area contributed by atoms with E-state index in [4.69, 9.17) is 5.73 Å². The van der Waals surface area contributed by atoms with E-state index < -0.39 is 5.54 Å². The Hall–Kier alpha value is -1.55. The molecule has 0 saturated heterocycles. The van der Waals surface area contributed by atoms with Crippen LogP contribution in [0.1, 0.15) is 51.0 Å². The zero-order valence-electron chi connectivity index (χ0n) is 12.8. The predicted octanol–water partition coefficient (Wildman–Crippen LogP) is 2.49. The lowest BCUT2D eigenvalue weighted by Crippen LogP contribution is -2.56. The fraction of sp³-hybridized carbons (Fsp3) is 0.588. The average Bonchev–Trinajstić information content (AvgIpc) is 2.47. The Morgan fingerprint density at radius 3 is 2.52 bits per heavy atom. The minimum Gasteiger partial charge on any atom is -0.508 e. The highest BCUT2D eigenvalue weighted by molar-refractivity contribution is 5.86. The highest BCUT2D eigenvalue weighted by Crippen LogP contribution is 2.26. The van der Waals surface area contributed by atoms with Crippen molar-refractivity contribution in [3.05, 3.63) is 29.8 Å². The first-order valence-corrected chi connectivity index (χ1v) is 7.87. The minimum absolute atomic E-state index is 0.000376. The minimum atomic E-state index is -0.662. The molecule has 116 valence electrons. The summed E-state index contributed by atoms with van der Waals surface area (Å²) < 4.78 is 0. The van der Waals surface area contributed by atoms with Crippen molar-refractivity contribution in [1.29, 1.82) is 0 Å². The van der Waals surface area contributed by atoms with E-state index in [0.29, 0.717) is 0 Å². The van der Waals surface area contributed by atoms with Crippen molar-refractivity contribution in [3.8, 4) is 5.75 Å². The maximum Gasteiger partial charge on any atom is 0.240 e. The van der Waals surface area contributed by atoms with Crippen molar-refractivity contribution in [1.82, 2.24) is 5.32 Å². The number of carbonyl (C=O) groups excluding carboxylic acids is 1. The zero-order chi connectivity index (χ0) is 15.3. The van der Waals surface area contributed by atoms with Gasteiger partial charge in [0.2, 0.25) is 5.91 Å². The van der Waals surface area contributed by atoms with E-state index in [1.807, 2.05) is 19.1 Å². The molecule has 0 radical (unpaired) electrons. The third-order valence-corrected chi connectivity index (χ3v) is 4.38. The molecule has 21 heavy (non-hydrogen) atoms. The lowest BCUT2D eigenvalue weighted by Gasteiger charge is -2.33. The van der Waals surface area contributed by atoms with E-state index in [9.17, 15) is 9.90 Å². The number of carbonyl (C=O) groups is 1. The van der Waals surface area contributed by atoms with Crippen LogP contribution in [-0.4, -0.2) is 22.6 Å². The van der Waals surface area contributed by atoms with Crippen molar-refractivity contribution >= 4 is 5.91 Å². The standard InChI is InChI=1S/C17H26N2O2/c1-13(5-6-14-7-9-15(20)10-8-14)19-16(21)17(18)11-3-2-4-12-17/h7-10,13,20H,2-6,11-12,18H2,1H3,(H,19,21). The van der Waals surface area contributed by atoms with Crippen LogP contribution in [0.5, 0.6) is 5.75 Å². The van der Waals surface area contributed by atoms with Gasteiger partial charge in [0.25, 0.3) is 0 Å². The van der Waals surface area contributed by atoms with Crippen LogP contribution >= 0.6 is 0 Å². The molecule has 1 atom stereocenters. The van der Waals surface area contributed by atoms with Gasteiger partial charge in [0.15, 0.2) is 0 Å². The van der Waals surface area contributed by atoms with Gasteiger partial charge < -0.3 is 16.2 Å². The summed E-state index contributed by atoms with van der Waals surface area (Å²) in [6, 6.07) is 7.31. The molecule has 1 amide bonds. The topological polar surface area (TPSA) is 75.3 Å². The second kappa shape index (κ2) is 6.94. The molecule has 4 N–H and O–H groups in total. The number of hydrogen-bond donors (Lipinski definition) is 3. The summed E-state index contributed by atoms with van der Waals surface area (Å²) in [6.07, 6.45) is 6.61. The lowest BCUT2D eigenvalue weighted by molar-refractivity contribution is -0.128. The highest BCUT2D eigenvalue weighted by atomic mass is 16.3. The largest absolute Gasteiger partial charge is 0.508 e. The summed E-state index contributed by atoms with van der Waals surface area (Å²) >= 11 is 0. The van der Waals surface area contributed by atoms with Gasteiger partial charge in [-0.25, -0.2) is 0 Å². The van der Waals surface area contributed by atoms with E-state index in [1.165, 1.54) is 6.42 Å². The van der Waals surface area contributed by atoms with Crippen LogP contribution in [-0.2, 0) is 11.2 Å². The van der Waals surface area contributed by atoms with Crippen molar-refractivity contribution in [2.75, 3.05) is 0 Å². The van der Waals surface area contributed by atoms with Gasteiger partial charge in [-0.3, -0.25) is 4.79 Å². The predicted molar refractivity (Wildman–Crippen MR) is 84.0 cm³/mol. The van der Waals surface area contributed by atoms with Crippen LogP contribution in [0.25, 0.3) is 0 Å². The Morgan fingerprint density at radius 2 is 1.90 bits per heavy atom. The Labute approximate surface area is 126 Å². The summed E-state index contributed by atoms with van der Waals surface area (Å²) in [5, 5.41) is 12.3. The van der Waals surface area contributed by atoms with Gasteiger partial charge in [-0.05, 0) is 50.3 Å². The number of nitrogens with one attached hydrogen (secondary N) is 1. The van der Waals surface area contributed by atoms with Crippen molar-refractivity contribution < 1.29 is 9.90 Å². The second-order valence-electron chi connectivity index (χ2n) is 6.30. The molecule has 1 aliphatic rings. The van der Waals surface area contributed by atoms with E-state index in [2.05, 4.69) is 5.32 Å². The van der Waals surface area contributed by atoms with Gasteiger partial charge in [0.1, 0.15) is 5.75 Å². The van der Waals surface area contributed by atoms with E-state index >= 15 is 0 Å². The van der Waals surface area contributed by atoms with Crippen LogP contribution in [0.2, 0.25) is 0 Å². The number of benzene rings is 1. The summed E-state index contributed by atoms with van der Waals surface area (Å²) in [4.78, 5) is 12.3. The molecule has 1 aliphatic carbocycles. The number of nitrogens with two attached hydrogens (primary N) is 1. The molecule has 4 heteroatoms. The molecule has 4 nitrogen and oxygen atoms in total. The lowest BCUT2D eigenvalue weighted by atomic mass is 9.81. The first kappa shape index (κ1) is 15.8. The van der Waals surface area contributed by atoms with Crippen LogP contribution in [0.3, 0.4) is 0 Å². The summed E-state index contributed by atoms with van der Waals surface area (Å²) in [7, 11) is 0.